The molecule has 7 heteroatoms. The Morgan fingerprint density at radius 1 is 1.11 bits per heavy atom. The number of benzene rings is 1. The van der Waals surface area contributed by atoms with Crippen molar-refractivity contribution in [3.8, 4) is 17.1 Å². The molecular weight excluding hydrogens is 372 g/mol. The molecule has 1 aliphatic heterocycles. The van der Waals surface area contributed by atoms with Gasteiger partial charge in [0, 0.05) is 47.2 Å². The van der Waals surface area contributed by atoms with Crippen LogP contribution in [0.1, 0.15) is 38.3 Å². The molecule has 6 nitrogen and oxygen atoms in total. The maximum Gasteiger partial charge on any atom is 0.229 e. The first-order chi connectivity index (χ1) is 13.8. The van der Waals surface area contributed by atoms with E-state index in [0.29, 0.717) is 5.92 Å². The molecule has 0 N–H and O–H groups in total. The van der Waals surface area contributed by atoms with Gasteiger partial charge in [-0.3, -0.25) is 9.13 Å². The molecule has 0 amide bonds. The zero-order chi connectivity index (χ0) is 18.9. The quantitative estimate of drug-likeness (QED) is 0.592. The molecule has 1 saturated heterocycles. The van der Waals surface area contributed by atoms with Crippen LogP contribution in [0.3, 0.4) is 0 Å². The van der Waals surface area contributed by atoms with Crippen molar-refractivity contribution in [2.75, 3.05) is 12.4 Å². The van der Waals surface area contributed by atoms with Gasteiger partial charge in [-0.25, -0.2) is 0 Å². The fourth-order valence-electron chi connectivity index (χ4n) is 3.72. The topological polar surface area (TPSA) is 67.9 Å². The third kappa shape index (κ3) is 3.62. The van der Waals surface area contributed by atoms with Gasteiger partial charge in [0.15, 0.2) is 5.82 Å². The van der Waals surface area contributed by atoms with Crippen molar-refractivity contribution >= 4 is 11.2 Å². The molecule has 1 aliphatic carbocycles. The van der Waals surface area contributed by atoms with Crippen LogP contribution < -0.4 is 0 Å². The van der Waals surface area contributed by atoms with E-state index in [0.717, 1.165) is 53.7 Å². The van der Waals surface area contributed by atoms with Gasteiger partial charge in [0.25, 0.3) is 0 Å². The van der Waals surface area contributed by atoms with E-state index in [9.17, 15) is 4.55 Å². The van der Waals surface area contributed by atoms with E-state index >= 15 is 0 Å². The number of ether oxygens (including phenoxy) is 1. The van der Waals surface area contributed by atoms with Gasteiger partial charge in [0.2, 0.25) is 5.03 Å². The Labute approximate surface area is 167 Å². The third-order valence-corrected chi connectivity index (χ3v) is 7.04. The zero-order valence-electron chi connectivity index (χ0n) is 15.7. The van der Waals surface area contributed by atoms with Gasteiger partial charge in [0.1, 0.15) is 18.3 Å². The van der Waals surface area contributed by atoms with Gasteiger partial charge in [-0.2, -0.15) is 0 Å². The molecule has 5 rings (SSSR count). The molecule has 2 unspecified atom stereocenters. The van der Waals surface area contributed by atoms with Crippen LogP contribution in [0.4, 0.5) is 0 Å². The lowest BCUT2D eigenvalue weighted by molar-refractivity contribution is -0.0311. The van der Waals surface area contributed by atoms with Crippen molar-refractivity contribution in [1.82, 2.24) is 19.3 Å². The molecule has 3 aromatic rings. The fraction of sp³-hybridized carbons (Fsp3) is 0.429. The number of nitrogens with zero attached hydrogens (tertiary/aromatic N) is 4. The van der Waals surface area contributed by atoms with Crippen LogP contribution >= 0.6 is 0 Å². The lowest BCUT2D eigenvalue weighted by atomic mass is 10.1. The Morgan fingerprint density at radius 2 is 1.96 bits per heavy atom. The molecule has 28 heavy (non-hydrogen) atoms. The normalized spacial score (nSPS) is 21.0. The molecular formula is C21H24N4O2S. The number of hydrogen-bond acceptors (Lipinski definition) is 4. The molecule has 0 spiro atoms. The molecule has 0 bridgehead atoms. The third-order valence-electron chi connectivity index (χ3n) is 5.47. The molecule has 2 fully saturated rings. The van der Waals surface area contributed by atoms with Gasteiger partial charge < -0.3 is 9.29 Å². The first-order valence-corrected chi connectivity index (χ1v) is 11.3. The second-order valence-corrected chi connectivity index (χ2v) is 9.04. The zero-order valence-corrected chi connectivity index (χ0v) is 16.6. The van der Waals surface area contributed by atoms with E-state index in [-0.39, 0.29) is 6.23 Å². The van der Waals surface area contributed by atoms with Crippen LogP contribution in [0.25, 0.3) is 17.1 Å². The fourth-order valence-corrected chi connectivity index (χ4v) is 5.27. The average Bonchev–Trinajstić information content (AvgIpc) is 3.23. The number of aromatic nitrogens is 4. The Hall–Kier alpha value is -2.09. The van der Waals surface area contributed by atoms with Crippen LogP contribution in [0.5, 0.6) is 0 Å². The minimum Gasteiger partial charge on any atom is -0.610 e. The Bertz CT molecular complexity index is 926. The summed E-state index contributed by atoms with van der Waals surface area (Å²) >= 11 is -0.954. The van der Waals surface area contributed by atoms with Crippen LogP contribution in [0.2, 0.25) is 0 Å². The predicted molar refractivity (Wildman–Crippen MR) is 108 cm³/mol. The molecule has 146 valence electrons. The van der Waals surface area contributed by atoms with Crippen LogP contribution in [0, 0.1) is 5.92 Å². The van der Waals surface area contributed by atoms with Gasteiger partial charge in [0.05, 0.1) is 0 Å². The average molecular weight is 397 g/mol. The van der Waals surface area contributed by atoms with Crippen molar-refractivity contribution in [2.24, 2.45) is 5.92 Å². The van der Waals surface area contributed by atoms with Crippen molar-refractivity contribution in [3.63, 3.8) is 0 Å². The SMILES string of the molecule is [O-][S+](CC1CC1)c1cccn1-c1ccc(-c2nncn2C2CCCCO2)cc1. The van der Waals surface area contributed by atoms with E-state index in [1.807, 2.05) is 51.7 Å². The minimum absolute atomic E-state index is 0.0133. The second kappa shape index (κ2) is 7.73. The summed E-state index contributed by atoms with van der Waals surface area (Å²) in [6.07, 6.45) is 9.44. The van der Waals surface area contributed by atoms with Crippen LogP contribution in [-0.2, 0) is 15.9 Å². The van der Waals surface area contributed by atoms with Crippen LogP contribution in [0.15, 0.2) is 53.9 Å². The Kier molecular flexibility index (Phi) is 4.96. The number of rotatable bonds is 6. The van der Waals surface area contributed by atoms with Crippen LogP contribution in [-0.4, -0.2) is 36.2 Å². The minimum atomic E-state index is -0.954. The first-order valence-electron chi connectivity index (χ1n) is 9.97. The molecule has 2 aliphatic rings. The molecule has 1 aromatic carbocycles. The second-order valence-electron chi connectivity index (χ2n) is 7.60. The summed E-state index contributed by atoms with van der Waals surface area (Å²) in [6, 6.07) is 12.1. The van der Waals surface area contributed by atoms with Gasteiger partial charge in [-0.05, 0) is 62.4 Å². The summed E-state index contributed by atoms with van der Waals surface area (Å²) in [5, 5.41) is 9.29. The lowest BCUT2D eigenvalue weighted by Crippen LogP contribution is -2.18. The van der Waals surface area contributed by atoms with E-state index in [1.165, 1.54) is 12.8 Å². The molecule has 2 aromatic heterocycles. The largest absolute Gasteiger partial charge is 0.610 e. The highest BCUT2D eigenvalue weighted by atomic mass is 32.2. The Balaban J connectivity index is 1.39. The number of hydrogen-bond donors (Lipinski definition) is 0. The van der Waals surface area contributed by atoms with Gasteiger partial charge >= 0.3 is 0 Å². The summed E-state index contributed by atoms with van der Waals surface area (Å²) in [5.41, 5.74) is 2.01. The van der Waals surface area contributed by atoms with E-state index in [4.69, 9.17) is 4.74 Å². The molecule has 3 heterocycles. The summed E-state index contributed by atoms with van der Waals surface area (Å²) in [6.45, 7) is 0.787. The van der Waals surface area contributed by atoms with Crippen molar-refractivity contribution in [1.29, 1.82) is 0 Å². The van der Waals surface area contributed by atoms with E-state index < -0.39 is 11.2 Å². The first kappa shape index (κ1) is 18.0. The summed E-state index contributed by atoms with van der Waals surface area (Å²) in [4.78, 5) is 0. The highest BCUT2D eigenvalue weighted by Gasteiger charge is 2.29. The lowest BCUT2D eigenvalue weighted by Gasteiger charge is -2.24. The van der Waals surface area contributed by atoms with Crippen molar-refractivity contribution in [3.05, 3.63) is 48.9 Å². The predicted octanol–water partition coefficient (Wildman–Crippen LogP) is 3.95. The standard InChI is InChI=1S/C21H24N4O2S/c26-28(14-16-6-7-16)20-5-3-12-24(20)18-10-8-17(9-11-18)21-23-22-15-25(21)19-4-1-2-13-27-19/h3,5,8-12,15-16,19H,1-2,4,6-7,13-14H2. The molecule has 0 radical (unpaired) electrons. The Morgan fingerprint density at radius 3 is 2.71 bits per heavy atom. The maximum absolute atomic E-state index is 12.7. The van der Waals surface area contributed by atoms with E-state index in [1.54, 1.807) is 6.33 Å². The highest BCUT2D eigenvalue weighted by Crippen LogP contribution is 2.33. The highest BCUT2D eigenvalue weighted by molar-refractivity contribution is 7.91. The summed E-state index contributed by atoms with van der Waals surface area (Å²) in [5.74, 6) is 2.23. The summed E-state index contributed by atoms with van der Waals surface area (Å²) in [7, 11) is 0. The maximum atomic E-state index is 12.7. The van der Waals surface area contributed by atoms with Crippen molar-refractivity contribution < 1.29 is 9.29 Å². The van der Waals surface area contributed by atoms with E-state index in [2.05, 4.69) is 10.2 Å². The smallest absolute Gasteiger partial charge is 0.229 e. The van der Waals surface area contributed by atoms with Gasteiger partial charge in [-0.15, -0.1) is 10.2 Å². The van der Waals surface area contributed by atoms with Crippen molar-refractivity contribution in [2.45, 2.75) is 43.4 Å². The molecule has 2 atom stereocenters. The summed E-state index contributed by atoms with van der Waals surface area (Å²) < 4.78 is 22.6. The molecule has 1 saturated carbocycles. The monoisotopic (exact) mass is 396 g/mol. The van der Waals surface area contributed by atoms with Gasteiger partial charge in [-0.1, -0.05) is 0 Å².